The maximum Gasteiger partial charge on any atom is 0.276 e. The van der Waals surface area contributed by atoms with E-state index >= 15 is 0 Å². The molecule has 6 nitrogen and oxygen atoms in total. The Bertz CT molecular complexity index is 778. The van der Waals surface area contributed by atoms with Crippen LogP contribution in [0.25, 0.3) is 0 Å². The highest BCUT2D eigenvalue weighted by Crippen LogP contribution is 2.22. The lowest BCUT2D eigenvalue weighted by atomic mass is 9.99. The maximum absolute atomic E-state index is 12.6. The molecular weight excluding hydrogens is 362 g/mol. The van der Waals surface area contributed by atoms with Crippen LogP contribution in [0.5, 0.6) is 0 Å². The van der Waals surface area contributed by atoms with Crippen LogP contribution in [0.1, 0.15) is 51.6 Å². The molecule has 2 aromatic rings. The molecular formula is C17H20ClN3O3S. The Morgan fingerprint density at radius 2 is 2.12 bits per heavy atom. The number of thiophene rings is 1. The van der Waals surface area contributed by atoms with Crippen LogP contribution in [0.2, 0.25) is 4.34 Å². The summed E-state index contributed by atoms with van der Waals surface area (Å²) in [4.78, 5) is 31.3. The van der Waals surface area contributed by atoms with Crippen molar-refractivity contribution in [2.45, 2.75) is 33.2 Å². The van der Waals surface area contributed by atoms with Gasteiger partial charge in [-0.1, -0.05) is 18.5 Å². The van der Waals surface area contributed by atoms with Crippen LogP contribution in [0.15, 0.2) is 16.5 Å². The van der Waals surface area contributed by atoms with Crippen LogP contribution in [-0.4, -0.2) is 34.8 Å². The number of amides is 2. The molecule has 1 aliphatic heterocycles. The number of carbonyl (C=O) groups excluding carboxylic acids is 2. The second kappa shape index (κ2) is 7.58. The summed E-state index contributed by atoms with van der Waals surface area (Å²) in [5.74, 6) is 1.11. The second-order valence-electron chi connectivity index (χ2n) is 6.27. The van der Waals surface area contributed by atoms with Gasteiger partial charge in [-0.3, -0.25) is 9.59 Å². The minimum absolute atomic E-state index is 0.101. The fraction of sp³-hybridized carbons (Fsp3) is 0.471. The topological polar surface area (TPSA) is 75.4 Å². The van der Waals surface area contributed by atoms with E-state index in [4.69, 9.17) is 16.0 Å². The number of hydrogen-bond acceptors (Lipinski definition) is 5. The fourth-order valence-corrected chi connectivity index (χ4v) is 3.73. The van der Waals surface area contributed by atoms with Gasteiger partial charge in [-0.05, 0) is 37.8 Å². The first-order valence-electron chi connectivity index (χ1n) is 8.23. The van der Waals surface area contributed by atoms with Gasteiger partial charge in [0.15, 0.2) is 5.69 Å². The van der Waals surface area contributed by atoms with E-state index in [9.17, 15) is 9.59 Å². The van der Waals surface area contributed by atoms with Crippen LogP contribution >= 0.6 is 22.9 Å². The van der Waals surface area contributed by atoms with Gasteiger partial charge in [0.25, 0.3) is 11.8 Å². The summed E-state index contributed by atoms with van der Waals surface area (Å²) in [7, 11) is 0. The lowest BCUT2D eigenvalue weighted by Crippen LogP contribution is -2.38. The van der Waals surface area contributed by atoms with Crippen LogP contribution < -0.4 is 5.32 Å². The molecule has 8 heteroatoms. The van der Waals surface area contributed by atoms with Crippen LogP contribution in [0, 0.1) is 12.8 Å². The molecule has 134 valence electrons. The van der Waals surface area contributed by atoms with Gasteiger partial charge in [-0.2, -0.15) is 0 Å². The summed E-state index contributed by atoms with van der Waals surface area (Å²) in [5, 5.41) is 2.73. The van der Waals surface area contributed by atoms with Crippen LogP contribution in [-0.2, 0) is 6.54 Å². The highest BCUT2D eigenvalue weighted by molar-refractivity contribution is 7.17. The molecule has 0 aromatic carbocycles. The van der Waals surface area contributed by atoms with E-state index in [1.54, 1.807) is 19.1 Å². The van der Waals surface area contributed by atoms with Crippen molar-refractivity contribution in [3.05, 3.63) is 38.7 Å². The molecule has 3 rings (SSSR count). The minimum Gasteiger partial charge on any atom is -0.443 e. The largest absolute Gasteiger partial charge is 0.443 e. The predicted molar refractivity (Wildman–Crippen MR) is 96.0 cm³/mol. The number of oxazole rings is 1. The second-order valence-corrected chi connectivity index (χ2v) is 7.99. The quantitative estimate of drug-likeness (QED) is 0.879. The van der Waals surface area contributed by atoms with Gasteiger partial charge in [0, 0.05) is 13.1 Å². The fourth-order valence-electron chi connectivity index (χ4n) is 2.77. The highest BCUT2D eigenvalue weighted by atomic mass is 35.5. The standard InChI is InChI=1S/C17H20ClN3O3S/c1-10-5-7-21(8-6-10)17(23)15-11(2)24-14(20-15)9-19-16(22)12-3-4-13(18)25-12/h3-4,10H,5-9H2,1-2H3,(H,19,22). The first-order valence-corrected chi connectivity index (χ1v) is 9.42. The number of hydrogen-bond donors (Lipinski definition) is 1. The van der Waals surface area contributed by atoms with E-state index in [1.165, 1.54) is 11.3 Å². The lowest BCUT2D eigenvalue weighted by Gasteiger charge is -2.29. The van der Waals surface area contributed by atoms with E-state index in [0.29, 0.717) is 32.5 Å². The minimum atomic E-state index is -0.245. The van der Waals surface area contributed by atoms with Crippen molar-refractivity contribution in [1.29, 1.82) is 0 Å². The van der Waals surface area contributed by atoms with Crippen molar-refractivity contribution < 1.29 is 14.0 Å². The average molecular weight is 382 g/mol. The number of likely N-dealkylation sites (tertiary alicyclic amines) is 1. The summed E-state index contributed by atoms with van der Waals surface area (Å²) in [5.41, 5.74) is 0.331. The molecule has 0 radical (unpaired) electrons. The summed E-state index contributed by atoms with van der Waals surface area (Å²) >= 11 is 7.03. The SMILES string of the molecule is Cc1oc(CNC(=O)c2ccc(Cl)s2)nc1C(=O)N1CCC(C)CC1. The van der Waals surface area contributed by atoms with Crippen LogP contribution in [0.4, 0.5) is 0 Å². The van der Waals surface area contributed by atoms with Crippen molar-refractivity contribution in [2.75, 3.05) is 13.1 Å². The molecule has 1 saturated heterocycles. The normalized spacial score (nSPS) is 15.4. The Kier molecular flexibility index (Phi) is 5.44. The van der Waals surface area contributed by atoms with E-state index in [0.717, 1.165) is 25.9 Å². The summed E-state index contributed by atoms with van der Waals surface area (Å²) in [6, 6.07) is 3.34. The number of piperidine rings is 1. The number of carbonyl (C=O) groups is 2. The Morgan fingerprint density at radius 1 is 1.40 bits per heavy atom. The molecule has 0 saturated carbocycles. The van der Waals surface area contributed by atoms with Gasteiger partial charge in [0.05, 0.1) is 15.8 Å². The highest BCUT2D eigenvalue weighted by Gasteiger charge is 2.26. The van der Waals surface area contributed by atoms with Crippen molar-refractivity contribution in [1.82, 2.24) is 15.2 Å². The molecule has 0 aliphatic carbocycles. The van der Waals surface area contributed by atoms with Gasteiger partial charge in [0.2, 0.25) is 5.89 Å². The van der Waals surface area contributed by atoms with Crippen molar-refractivity contribution in [3.8, 4) is 0 Å². The van der Waals surface area contributed by atoms with E-state index < -0.39 is 0 Å². The molecule has 1 N–H and O–H groups in total. The number of nitrogens with zero attached hydrogens (tertiary/aromatic N) is 2. The summed E-state index contributed by atoms with van der Waals surface area (Å²) in [6.07, 6.45) is 2.02. The molecule has 0 unspecified atom stereocenters. The number of nitrogens with one attached hydrogen (secondary N) is 1. The average Bonchev–Trinajstić information content (AvgIpc) is 3.18. The monoisotopic (exact) mass is 381 g/mol. The summed E-state index contributed by atoms with van der Waals surface area (Å²) in [6.45, 7) is 5.54. The Hall–Kier alpha value is -1.86. The first-order chi connectivity index (χ1) is 11.9. The van der Waals surface area contributed by atoms with Gasteiger partial charge in [-0.15, -0.1) is 11.3 Å². The summed E-state index contributed by atoms with van der Waals surface area (Å²) < 4.78 is 6.10. The number of aromatic nitrogens is 1. The molecule has 1 aliphatic rings. The Morgan fingerprint density at radius 3 is 2.76 bits per heavy atom. The van der Waals surface area contributed by atoms with Gasteiger partial charge >= 0.3 is 0 Å². The Labute approximate surface area is 155 Å². The van der Waals surface area contributed by atoms with E-state index in [1.807, 2.05) is 4.90 Å². The number of aryl methyl sites for hydroxylation is 1. The number of rotatable bonds is 4. The molecule has 25 heavy (non-hydrogen) atoms. The molecule has 1 fully saturated rings. The van der Waals surface area contributed by atoms with E-state index in [-0.39, 0.29) is 18.4 Å². The third kappa shape index (κ3) is 4.22. The van der Waals surface area contributed by atoms with Crippen molar-refractivity contribution in [3.63, 3.8) is 0 Å². The van der Waals surface area contributed by atoms with Gasteiger partial charge in [-0.25, -0.2) is 4.98 Å². The molecule has 0 bridgehead atoms. The van der Waals surface area contributed by atoms with Gasteiger partial charge in [0.1, 0.15) is 5.76 Å². The maximum atomic E-state index is 12.6. The van der Waals surface area contributed by atoms with Gasteiger partial charge < -0.3 is 14.6 Å². The zero-order chi connectivity index (χ0) is 18.0. The zero-order valence-electron chi connectivity index (χ0n) is 14.2. The van der Waals surface area contributed by atoms with Crippen molar-refractivity contribution >= 4 is 34.8 Å². The van der Waals surface area contributed by atoms with Crippen LogP contribution in [0.3, 0.4) is 0 Å². The molecule has 2 aromatic heterocycles. The zero-order valence-corrected chi connectivity index (χ0v) is 15.7. The molecule has 2 amide bonds. The predicted octanol–water partition coefficient (Wildman–Crippen LogP) is 3.50. The smallest absolute Gasteiger partial charge is 0.276 e. The molecule has 0 atom stereocenters. The molecule has 3 heterocycles. The Balaban J connectivity index is 1.62. The molecule has 0 spiro atoms. The lowest BCUT2D eigenvalue weighted by molar-refractivity contribution is 0.0690. The van der Waals surface area contributed by atoms with E-state index in [2.05, 4.69) is 17.2 Å². The number of halogens is 1. The first kappa shape index (κ1) is 17.9. The third-order valence-corrected chi connectivity index (χ3v) is 5.54. The van der Waals surface area contributed by atoms with Crippen molar-refractivity contribution in [2.24, 2.45) is 5.92 Å². The third-order valence-electron chi connectivity index (χ3n) is 4.31.